The molecular formula is C16H16N4OS2. The minimum atomic E-state index is 0.734. The Bertz CT molecular complexity index is 797. The molecular weight excluding hydrogens is 328 g/mol. The molecule has 5 nitrogen and oxygen atoms in total. The van der Waals surface area contributed by atoms with E-state index in [1.165, 1.54) is 4.70 Å². The molecule has 0 aliphatic carbocycles. The summed E-state index contributed by atoms with van der Waals surface area (Å²) in [6, 6.07) is 10.2. The van der Waals surface area contributed by atoms with Crippen molar-refractivity contribution in [2.24, 2.45) is 0 Å². The molecule has 1 aliphatic rings. The largest absolute Gasteiger partial charge is 0.378 e. The number of fused-ring (bicyclic) bond motifs is 1. The third-order valence-electron chi connectivity index (χ3n) is 3.58. The topological polar surface area (TPSA) is 51.1 Å². The first-order valence-electron chi connectivity index (χ1n) is 7.50. The van der Waals surface area contributed by atoms with E-state index in [0.29, 0.717) is 0 Å². The Labute approximate surface area is 142 Å². The molecule has 0 N–H and O–H groups in total. The fourth-order valence-electron chi connectivity index (χ4n) is 2.47. The summed E-state index contributed by atoms with van der Waals surface area (Å²) in [4.78, 5) is 16.1. The highest BCUT2D eigenvalue weighted by Crippen LogP contribution is 2.34. The van der Waals surface area contributed by atoms with Crippen LogP contribution >= 0.6 is 23.1 Å². The zero-order chi connectivity index (χ0) is 15.6. The zero-order valence-corrected chi connectivity index (χ0v) is 14.4. The number of benzene rings is 1. The first kappa shape index (κ1) is 14.9. The number of ether oxygens (including phenoxy) is 1. The Morgan fingerprint density at radius 2 is 1.96 bits per heavy atom. The number of rotatable bonds is 3. The summed E-state index contributed by atoms with van der Waals surface area (Å²) in [5.74, 6) is 0.789. The molecule has 3 aromatic rings. The summed E-state index contributed by atoms with van der Waals surface area (Å²) >= 11 is 3.30. The van der Waals surface area contributed by atoms with Gasteiger partial charge in [0.25, 0.3) is 0 Å². The normalized spacial score (nSPS) is 15.3. The van der Waals surface area contributed by atoms with Crippen molar-refractivity contribution in [2.75, 3.05) is 31.2 Å². The SMILES string of the molecule is Cc1cc(Sc2nc3ccccc3s2)nc(N2CCOCC2)n1. The summed E-state index contributed by atoms with van der Waals surface area (Å²) in [6.45, 7) is 5.16. The maximum Gasteiger partial charge on any atom is 0.226 e. The second kappa shape index (κ2) is 6.43. The van der Waals surface area contributed by atoms with Crippen LogP contribution < -0.4 is 4.90 Å². The lowest BCUT2D eigenvalue weighted by Gasteiger charge is -2.27. The van der Waals surface area contributed by atoms with Crippen LogP contribution in [0.25, 0.3) is 10.2 Å². The number of para-hydroxylation sites is 1. The van der Waals surface area contributed by atoms with E-state index in [2.05, 4.69) is 20.9 Å². The van der Waals surface area contributed by atoms with Crippen molar-refractivity contribution in [3.05, 3.63) is 36.0 Å². The van der Waals surface area contributed by atoms with Gasteiger partial charge in [-0.2, -0.15) is 0 Å². The minimum Gasteiger partial charge on any atom is -0.378 e. The second-order valence-corrected chi connectivity index (χ2v) is 7.59. The zero-order valence-electron chi connectivity index (χ0n) is 12.7. The summed E-state index contributed by atoms with van der Waals surface area (Å²) < 4.78 is 7.61. The lowest BCUT2D eigenvalue weighted by atomic mass is 10.3. The van der Waals surface area contributed by atoms with E-state index in [-0.39, 0.29) is 0 Å². The molecule has 0 atom stereocenters. The van der Waals surface area contributed by atoms with Crippen LogP contribution in [0.2, 0.25) is 0 Å². The van der Waals surface area contributed by atoms with Crippen molar-refractivity contribution >= 4 is 39.3 Å². The van der Waals surface area contributed by atoms with Gasteiger partial charge in [-0.3, -0.25) is 0 Å². The van der Waals surface area contributed by atoms with Gasteiger partial charge in [0, 0.05) is 18.8 Å². The molecule has 3 heterocycles. The molecule has 1 aliphatic heterocycles. The van der Waals surface area contributed by atoms with Gasteiger partial charge in [0.05, 0.1) is 23.4 Å². The summed E-state index contributed by atoms with van der Waals surface area (Å²) in [5.41, 5.74) is 2.02. The van der Waals surface area contributed by atoms with Crippen LogP contribution in [0.5, 0.6) is 0 Å². The Morgan fingerprint density at radius 1 is 1.13 bits per heavy atom. The number of aromatic nitrogens is 3. The minimum absolute atomic E-state index is 0.734. The number of hydrogen-bond acceptors (Lipinski definition) is 7. The van der Waals surface area contributed by atoms with Crippen LogP contribution in [-0.2, 0) is 4.74 Å². The number of hydrogen-bond donors (Lipinski definition) is 0. The lowest BCUT2D eigenvalue weighted by Crippen LogP contribution is -2.37. The average molecular weight is 344 g/mol. The van der Waals surface area contributed by atoms with Crippen molar-refractivity contribution in [2.45, 2.75) is 16.3 Å². The van der Waals surface area contributed by atoms with Gasteiger partial charge in [0.1, 0.15) is 5.03 Å². The molecule has 2 aromatic heterocycles. The van der Waals surface area contributed by atoms with Gasteiger partial charge in [0.15, 0.2) is 4.34 Å². The van der Waals surface area contributed by atoms with Crippen LogP contribution in [-0.4, -0.2) is 41.3 Å². The maximum atomic E-state index is 5.40. The molecule has 0 unspecified atom stereocenters. The first-order valence-corrected chi connectivity index (χ1v) is 9.13. The van der Waals surface area contributed by atoms with Crippen LogP contribution in [0.4, 0.5) is 5.95 Å². The maximum absolute atomic E-state index is 5.40. The standard InChI is InChI=1S/C16H16N4OS2/c1-11-10-14(19-15(17-11)20-6-8-21-9-7-20)23-16-18-12-4-2-3-5-13(12)22-16/h2-5,10H,6-9H2,1H3. The van der Waals surface area contributed by atoms with Crippen molar-refractivity contribution in [1.82, 2.24) is 15.0 Å². The van der Waals surface area contributed by atoms with Crippen molar-refractivity contribution < 1.29 is 4.74 Å². The highest BCUT2D eigenvalue weighted by molar-refractivity contribution is 8.01. The summed E-state index contributed by atoms with van der Waals surface area (Å²) in [5, 5.41) is 0.943. The average Bonchev–Trinajstić information content (AvgIpc) is 2.97. The monoisotopic (exact) mass is 344 g/mol. The van der Waals surface area contributed by atoms with E-state index in [0.717, 1.165) is 52.8 Å². The van der Waals surface area contributed by atoms with E-state index in [4.69, 9.17) is 9.72 Å². The molecule has 4 rings (SSSR count). The molecule has 1 aromatic carbocycles. The van der Waals surface area contributed by atoms with E-state index >= 15 is 0 Å². The van der Waals surface area contributed by atoms with Gasteiger partial charge in [0.2, 0.25) is 5.95 Å². The smallest absolute Gasteiger partial charge is 0.226 e. The lowest BCUT2D eigenvalue weighted by molar-refractivity contribution is 0.122. The molecule has 0 saturated carbocycles. The predicted octanol–water partition coefficient (Wildman–Crippen LogP) is 3.38. The van der Waals surface area contributed by atoms with Crippen LogP contribution in [0.3, 0.4) is 0 Å². The Balaban J connectivity index is 1.61. The van der Waals surface area contributed by atoms with Crippen LogP contribution in [0.15, 0.2) is 39.7 Å². The van der Waals surface area contributed by atoms with Gasteiger partial charge < -0.3 is 9.64 Å². The molecule has 0 spiro atoms. The van der Waals surface area contributed by atoms with E-state index in [1.54, 1.807) is 23.1 Å². The molecule has 118 valence electrons. The number of thiazole rings is 1. The Hall–Kier alpha value is -1.70. The van der Waals surface area contributed by atoms with Gasteiger partial charge in [-0.25, -0.2) is 15.0 Å². The summed E-state index contributed by atoms with van der Waals surface area (Å²) in [7, 11) is 0. The van der Waals surface area contributed by atoms with Gasteiger partial charge in [-0.05, 0) is 36.9 Å². The molecule has 7 heteroatoms. The fraction of sp³-hybridized carbons (Fsp3) is 0.312. The Kier molecular flexibility index (Phi) is 4.15. The molecule has 0 bridgehead atoms. The number of nitrogens with zero attached hydrogens (tertiary/aromatic N) is 4. The quantitative estimate of drug-likeness (QED) is 0.679. The van der Waals surface area contributed by atoms with Crippen molar-refractivity contribution in [3.8, 4) is 0 Å². The van der Waals surface area contributed by atoms with Crippen molar-refractivity contribution in [1.29, 1.82) is 0 Å². The molecule has 1 saturated heterocycles. The van der Waals surface area contributed by atoms with Gasteiger partial charge in [-0.15, -0.1) is 11.3 Å². The molecule has 0 radical (unpaired) electrons. The van der Waals surface area contributed by atoms with Gasteiger partial charge >= 0.3 is 0 Å². The first-order chi connectivity index (χ1) is 11.3. The third kappa shape index (κ3) is 3.31. The molecule has 0 amide bonds. The fourth-order valence-corrected chi connectivity index (χ4v) is 4.53. The second-order valence-electron chi connectivity index (χ2n) is 5.30. The van der Waals surface area contributed by atoms with E-state index < -0.39 is 0 Å². The molecule has 1 fully saturated rings. The number of morpholine rings is 1. The Morgan fingerprint density at radius 3 is 2.78 bits per heavy atom. The highest BCUT2D eigenvalue weighted by Gasteiger charge is 2.16. The summed E-state index contributed by atoms with van der Waals surface area (Å²) in [6.07, 6.45) is 0. The van der Waals surface area contributed by atoms with Crippen LogP contribution in [0.1, 0.15) is 5.69 Å². The van der Waals surface area contributed by atoms with E-state index in [1.807, 2.05) is 31.2 Å². The third-order valence-corrected chi connectivity index (χ3v) is 5.59. The predicted molar refractivity (Wildman–Crippen MR) is 93.5 cm³/mol. The molecule has 23 heavy (non-hydrogen) atoms. The van der Waals surface area contributed by atoms with Crippen molar-refractivity contribution in [3.63, 3.8) is 0 Å². The van der Waals surface area contributed by atoms with E-state index in [9.17, 15) is 0 Å². The number of aryl methyl sites for hydroxylation is 1. The van der Waals surface area contributed by atoms with Crippen LogP contribution in [0, 0.1) is 6.92 Å². The highest BCUT2D eigenvalue weighted by atomic mass is 32.2. The number of anilines is 1. The van der Waals surface area contributed by atoms with Gasteiger partial charge in [-0.1, -0.05) is 12.1 Å².